The number of unbranched alkanes of at least 4 members (excludes halogenated alkanes) is 1. The molecule has 3 heteroatoms. The molecule has 0 saturated carbocycles. The fraction of sp³-hybridized carbons (Fsp3) is 1.00. The van der Waals surface area contributed by atoms with Crippen LogP contribution in [0.5, 0.6) is 0 Å². The number of hydrogen-bond donors (Lipinski definition) is 1. The third-order valence-corrected chi connectivity index (χ3v) is 2.37. The molecule has 0 aliphatic carbocycles. The summed E-state index contributed by atoms with van der Waals surface area (Å²) in [6, 6.07) is 0. The van der Waals surface area contributed by atoms with Gasteiger partial charge in [-0.15, -0.1) is 0 Å². The van der Waals surface area contributed by atoms with E-state index in [1.54, 1.807) is 7.11 Å². The van der Waals surface area contributed by atoms with Gasteiger partial charge in [-0.3, -0.25) is 0 Å². The van der Waals surface area contributed by atoms with Crippen LogP contribution in [0, 0.1) is 5.92 Å². The zero-order chi connectivity index (χ0) is 11.4. The Bertz CT molecular complexity index is 120. The standard InChI is InChI=1S/C12H27NO2/c1-4-5-8-15-9-6-12(2)11-13-7-10-14-3/h12-13H,4-11H2,1-3H3. The average molecular weight is 217 g/mol. The van der Waals surface area contributed by atoms with Crippen LogP contribution in [0.4, 0.5) is 0 Å². The van der Waals surface area contributed by atoms with Crippen LogP contribution >= 0.6 is 0 Å². The van der Waals surface area contributed by atoms with Crippen molar-refractivity contribution in [2.24, 2.45) is 5.92 Å². The zero-order valence-corrected chi connectivity index (χ0v) is 10.6. The molecular formula is C12H27NO2. The van der Waals surface area contributed by atoms with Gasteiger partial charge in [0.2, 0.25) is 0 Å². The Morgan fingerprint density at radius 3 is 2.67 bits per heavy atom. The molecule has 0 amide bonds. The van der Waals surface area contributed by atoms with Crippen molar-refractivity contribution in [3.8, 4) is 0 Å². The van der Waals surface area contributed by atoms with Gasteiger partial charge in [-0.2, -0.15) is 0 Å². The Kier molecular flexibility index (Phi) is 11.9. The van der Waals surface area contributed by atoms with E-state index in [-0.39, 0.29) is 0 Å². The lowest BCUT2D eigenvalue weighted by atomic mass is 10.1. The predicted molar refractivity (Wildman–Crippen MR) is 64.3 cm³/mol. The molecule has 0 aliphatic heterocycles. The molecule has 1 N–H and O–H groups in total. The molecule has 0 spiro atoms. The Hall–Kier alpha value is -0.120. The lowest BCUT2D eigenvalue weighted by molar-refractivity contribution is 0.118. The second-order valence-electron chi connectivity index (χ2n) is 4.06. The smallest absolute Gasteiger partial charge is 0.0587 e. The second kappa shape index (κ2) is 12.0. The van der Waals surface area contributed by atoms with E-state index in [4.69, 9.17) is 9.47 Å². The van der Waals surface area contributed by atoms with Gasteiger partial charge in [0.1, 0.15) is 0 Å². The predicted octanol–water partition coefficient (Wildman–Crippen LogP) is 2.07. The maximum atomic E-state index is 5.52. The monoisotopic (exact) mass is 217 g/mol. The normalized spacial score (nSPS) is 13.0. The summed E-state index contributed by atoms with van der Waals surface area (Å²) in [5.74, 6) is 0.684. The largest absolute Gasteiger partial charge is 0.383 e. The first-order valence-corrected chi connectivity index (χ1v) is 6.08. The molecular weight excluding hydrogens is 190 g/mol. The third kappa shape index (κ3) is 11.8. The maximum Gasteiger partial charge on any atom is 0.0587 e. The van der Waals surface area contributed by atoms with Gasteiger partial charge in [0, 0.05) is 26.9 Å². The van der Waals surface area contributed by atoms with Gasteiger partial charge in [-0.25, -0.2) is 0 Å². The van der Waals surface area contributed by atoms with Crippen LogP contribution in [0.1, 0.15) is 33.1 Å². The molecule has 3 nitrogen and oxygen atoms in total. The molecule has 0 aromatic heterocycles. The Balaban J connectivity index is 3.08. The lowest BCUT2D eigenvalue weighted by Crippen LogP contribution is -2.25. The summed E-state index contributed by atoms with van der Waals surface area (Å²) in [6.07, 6.45) is 3.54. The Morgan fingerprint density at radius 1 is 1.20 bits per heavy atom. The molecule has 1 unspecified atom stereocenters. The number of nitrogens with one attached hydrogen (secondary N) is 1. The van der Waals surface area contributed by atoms with E-state index in [1.807, 2.05) is 0 Å². The molecule has 1 atom stereocenters. The van der Waals surface area contributed by atoms with Gasteiger partial charge < -0.3 is 14.8 Å². The molecule has 0 aromatic rings. The first kappa shape index (κ1) is 14.9. The summed E-state index contributed by atoms with van der Waals surface area (Å²) in [6.45, 7) is 9.04. The van der Waals surface area contributed by atoms with Gasteiger partial charge in [-0.05, 0) is 25.3 Å². The molecule has 0 radical (unpaired) electrons. The molecule has 0 heterocycles. The number of rotatable bonds is 11. The summed E-state index contributed by atoms with van der Waals surface area (Å²) in [5, 5.41) is 3.36. The highest BCUT2D eigenvalue weighted by Crippen LogP contribution is 2.00. The molecule has 0 saturated heterocycles. The molecule has 0 aliphatic rings. The zero-order valence-electron chi connectivity index (χ0n) is 10.6. The third-order valence-electron chi connectivity index (χ3n) is 2.37. The van der Waals surface area contributed by atoms with Gasteiger partial charge in [0.15, 0.2) is 0 Å². The maximum absolute atomic E-state index is 5.52. The van der Waals surface area contributed by atoms with Crippen molar-refractivity contribution in [3.05, 3.63) is 0 Å². The van der Waals surface area contributed by atoms with E-state index in [0.29, 0.717) is 5.92 Å². The van der Waals surface area contributed by atoms with Crippen LogP contribution in [0.2, 0.25) is 0 Å². The molecule has 15 heavy (non-hydrogen) atoms. The van der Waals surface area contributed by atoms with Crippen molar-refractivity contribution in [2.75, 3.05) is 40.0 Å². The number of hydrogen-bond acceptors (Lipinski definition) is 3. The highest BCUT2D eigenvalue weighted by Gasteiger charge is 2.00. The second-order valence-corrected chi connectivity index (χ2v) is 4.06. The van der Waals surface area contributed by atoms with Gasteiger partial charge in [0.25, 0.3) is 0 Å². The van der Waals surface area contributed by atoms with Crippen molar-refractivity contribution < 1.29 is 9.47 Å². The first-order valence-electron chi connectivity index (χ1n) is 6.08. The number of methoxy groups -OCH3 is 1. The van der Waals surface area contributed by atoms with E-state index in [9.17, 15) is 0 Å². The van der Waals surface area contributed by atoms with Crippen molar-refractivity contribution in [3.63, 3.8) is 0 Å². The van der Waals surface area contributed by atoms with Crippen LogP contribution in [0.3, 0.4) is 0 Å². The molecule has 0 fully saturated rings. The summed E-state index contributed by atoms with van der Waals surface area (Å²) < 4.78 is 10.5. The van der Waals surface area contributed by atoms with Gasteiger partial charge in [0.05, 0.1) is 6.61 Å². The highest BCUT2D eigenvalue weighted by molar-refractivity contribution is 4.56. The quantitative estimate of drug-likeness (QED) is 0.537. The highest BCUT2D eigenvalue weighted by atomic mass is 16.5. The molecule has 0 bridgehead atoms. The van der Waals surface area contributed by atoms with Gasteiger partial charge >= 0.3 is 0 Å². The van der Waals surface area contributed by atoms with Crippen LogP contribution in [-0.4, -0.2) is 40.0 Å². The average Bonchev–Trinajstić information content (AvgIpc) is 2.24. The van der Waals surface area contributed by atoms with Crippen molar-refractivity contribution in [1.82, 2.24) is 5.32 Å². The van der Waals surface area contributed by atoms with Crippen LogP contribution in [-0.2, 0) is 9.47 Å². The lowest BCUT2D eigenvalue weighted by Gasteiger charge is -2.12. The summed E-state index contributed by atoms with van der Waals surface area (Å²) in [5.41, 5.74) is 0. The van der Waals surface area contributed by atoms with E-state index in [1.165, 1.54) is 12.8 Å². The van der Waals surface area contributed by atoms with Crippen molar-refractivity contribution in [2.45, 2.75) is 33.1 Å². The fourth-order valence-corrected chi connectivity index (χ4v) is 1.26. The van der Waals surface area contributed by atoms with E-state index in [2.05, 4.69) is 19.2 Å². The van der Waals surface area contributed by atoms with Crippen LogP contribution < -0.4 is 5.32 Å². The minimum absolute atomic E-state index is 0.684. The van der Waals surface area contributed by atoms with Gasteiger partial charge in [-0.1, -0.05) is 20.3 Å². The summed E-state index contributed by atoms with van der Waals surface area (Å²) in [4.78, 5) is 0. The Morgan fingerprint density at radius 2 is 2.00 bits per heavy atom. The molecule has 0 rings (SSSR count). The molecule has 92 valence electrons. The van der Waals surface area contributed by atoms with Crippen LogP contribution in [0.15, 0.2) is 0 Å². The van der Waals surface area contributed by atoms with E-state index in [0.717, 1.165) is 39.3 Å². The SMILES string of the molecule is CCCCOCCC(C)CNCCOC. The minimum Gasteiger partial charge on any atom is -0.383 e. The summed E-state index contributed by atoms with van der Waals surface area (Å²) >= 11 is 0. The Labute approximate surface area is 94.5 Å². The van der Waals surface area contributed by atoms with Crippen molar-refractivity contribution >= 4 is 0 Å². The summed E-state index contributed by atoms with van der Waals surface area (Å²) in [7, 11) is 1.73. The topological polar surface area (TPSA) is 30.5 Å². The molecule has 0 aromatic carbocycles. The number of ether oxygens (including phenoxy) is 2. The van der Waals surface area contributed by atoms with E-state index < -0.39 is 0 Å². The first-order chi connectivity index (χ1) is 7.31. The van der Waals surface area contributed by atoms with Crippen LogP contribution in [0.25, 0.3) is 0 Å². The minimum atomic E-state index is 0.684. The van der Waals surface area contributed by atoms with E-state index >= 15 is 0 Å². The van der Waals surface area contributed by atoms with Crippen molar-refractivity contribution in [1.29, 1.82) is 0 Å². The fourth-order valence-electron chi connectivity index (χ4n) is 1.26.